The van der Waals surface area contributed by atoms with E-state index in [1.165, 1.54) is 11.3 Å². The molecule has 1 amide bonds. The number of rotatable bonds is 4. The second kappa shape index (κ2) is 6.93. The Morgan fingerprint density at radius 3 is 2.65 bits per heavy atom. The number of anilines is 3. The first-order valence-electron chi connectivity index (χ1n) is 6.96. The smallest absolute Gasteiger partial charge is 0.265 e. The number of benzene rings is 1. The fourth-order valence-electron chi connectivity index (χ4n) is 2.01. The molecule has 0 unspecified atom stereocenters. The number of nitrogens with zero attached hydrogens (tertiary/aromatic N) is 1. The van der Waals surface area contributed by atoms with Gasteiger partial charge in [-0.25, -0.2) is 4.98 Å². The van der Waals surface area contributed by atoms with Gasteiger partial charge in [-0.1, -0.05) is 22.0 Å². The molecule has 3 aromatic rings. The summed E-state index contributed by atoms with van der Waals surface area (Å²) in [6.45, 7) is 2.03. The summed E-state index contributed by atoms with van der Waals surface area (Å²) in [7, 11) is 0. The summed E-state index contributed by atoms with van der Waals surface area (Å²) in [5, 5.41) is 7.94. The largest absolute Gasteiger partial charge is 0.340 e. The van der Waals surface area contributed by atoms with Gasteiger partial charge in [0.05, 0.1) is 16.8 Å². The molecule has 2 aromatic heterocycles. The number of amides is 1. The fourth-order valence-corrected chi connectivity index (χ4v) is 2.88. The van der Waals surface area contributed by atoms with Crippen molar-refractivity contribution in [3.8, 4) is 0 Å². The van der Waals surface area contributed by atoms with Crippen molar-refractivity contribution < 1.29 is 4.79 Å². The molecule has 0 spiro atoms. The van der Waals surface area contributed by atoms with Crippen molar-refractivity contribution >= 4 is 50.4 Å². The average molecular weight is 388 g/mol. The van der Waals surface area contributed by atoms with Crippen LogP contribution in [-0.4, -0.2) is 10.9 Å². The summed E-state index contributed by atoms with van der Waals surface area (Å²) < 4.78 is 1.07. The third kappa shape index (κ3) is 3.97. The van der Waals surface area contributed by atoms with Crippen LogP contribution in [0.1, 0.15) is 15.2 Å². The van der Waals surface area contributed by atoms with E-state index in [0.29, 0.717) is 10.6 Å². The summed E-state index contributed by atoms with van der Waals surface area (Å²) in [6, 6.07) is 13.3. The van der Waals surface area contributed by atoms with Crippen molar-refractivity contribution in [2.45, 2.75) is 6.92 Å². The molecule has 2 N–H and O–H groups in total. The molecule has 0 aliphatic heterocycles. The van der Waals surface area contributed by atoms with Gasteiger partial charge in [0.15, 0.2) is 0 Å². The lowest BCUT2D eigenvalue weighted by atomic mass is 10.2. The van der Waals surface area contributed by atoms with Gasteiger partial charge in [0, 0.05) is 10.2 Å². The molecule has 1 aromatic carbocycles. The first-order valence-corrected chi connectivity index (χ1v) is 8.63. The summed E-state index contributed by atoms with van der Waals surface area (Å²) in [6.07, 6.45) is 1.64. The quantitative estimate of drug-likeness (QED) is 0.645. The number of carbonyl (C=O) groups is 1. The van der Waals surface area contributed by atoms with Crippen molar-refractivity contribution in [2.24, 2.45) is 0 Å². The molecule has 0 radical (unpaired) electrons. The van der Waals surface area contributed by atoms with E-state index in [-0.39, 0.29) is 5.91 Å². The summed E-state index contributed by atoms with van der Waals surface area (Å²) in [5.41, 5.74) is 2.78. The zero-order chi connectivity index (χ0) is 16.2. The van der Waals surface area contributed by atoms with Gasteiger partial charge in [-0.2, -0.15) is 0 Å². The van der Waals surface area contributed by atoms with Crippen LogP contribution in [0.15, 0.2) is 58.5 Å². The van der Waals surface area contributed by atoms with Crippen molar-refractivity contribution in [3.05, 3.63) is 69.0 Å². The molecule has 0 fully saturated rings. The lowest BCUT2D eigenvalue weighted by molar-refractivity contribution is 0.103. The van der Waals surface area contributed by atoms with E-state index in [9.17, 15) is 4.79 Å². The van der Waals surface area contributed by atoms with Crippen molar-refractivity contribution in [1.29, 1.82) is 0 Å². The van der Waals surface area contributed by atoms with Crippen LogP contribution in [0.4, 0.5) is 17.2 Å². The Bertz CT molecular complexity index is 816. The zero-order valence-electron chi connectivity index (χ0n) is 12.3. The van der Waals surface area contributed by atoms with Gasteiger partial charge in [0.25, 0.3) is 5.91 Å². The molecule has 23 heavy (non-hydrogen) atoms. The van der Waals surface area contributed by atoms with E-state index in [1.807, 2.05) is 48.7 Å². The van der Waals surface area contributed by atoms with Crippen LogP contribution in [-0.2, 0) is 0 Å². The third-order valence-corrected chi connectivity index (χ3v) is 4.96. The maximum atomic E-state index is 12.0. The molecule has 4 nitrogen and oxygen atoms in total. The lowest BCUT2D eigenvalue weighted by Crippen LogP contribution is -2.10. The molecule has 0 saturated heterocycles. The molecule has 2 heterocycles. The zero-order valence-corrected chi connectivity index (χ0v) is 14.7. The Morgan fingerprint density at radius 1 is 1.17 bits per heavy atom. The lowest BCUT2D eigenvalue weighted by Gasteiger charge is -2.08. The van der Waals surface area contributed by atoms with Gasteiger partial charge in [-0.3, -0.25) is 4.79 Å². The Morgan fingerprint density at radius 2 is 2.00 bits per heavy atom. The number of halogens is 1. The Balaban J connectivity index is 1.67. The normalized spacial score (nSPS) is 10.3. The van der Waals surface area contributed by atoms with Gasteiger partial charge in [-0.05, 0) is 54.3 Å². The third-order valence-electron chi connectivity index (χ3n) is 3.20. The highest BCUT2D eigenvalue weighted by Crippen LogP contribution is 2.23. The Labute approximate surface area is 146 Å². The van der Waals surface area contributed by atoms with Gasteiger partial charge in [0.2, 0.25) is 0 Å². The van der Waals surface area contributed by atoms with E-state index in [2.05, 4.69) is 31.5 Å². The van der Waals surface area contributed by atoms with E-state index < -0.39 is 0 Å². The molecular weight excluding hydrogens is 374 g/mol. The van der Waals surface area contributed by atoms with Crippen LogP contribution in [0.25, 0.3) is 0 Å². The van der Waals surface area contributed by atoms with Crippen LogP contribution < -0.4 is 10.6 Å². The molecule has 116 valence electrons. The number of aromatic nitrogens is 1. The molecule has 0 atom stereocenters. The summed E-state index contributed by atoms with van der Waals surface area (Å²) in [5.74, 6) is 0.604. The maximum Gasteiger partial charge on any atom is 0.265 e. The number of hydrogen-bond acceptors (Lipinski definition) is 4. The molecule has 0 aliphatic carbocycles. The summed E-state index contributed by atoms with van der Waals surface area (Å²) >= 11 is 4.89. The highest BCUT2D eigenvalue weighted by Gasteiger charge is 2.07. The van der Waals surface area contributed by atoms with Crippen LogP contribution in [0.2, 0.25) is 0 Å². The summed E-state index contributed by atoms with van der Waals surface area (Å²) in [4.78, 5) is 17.0. The second-order valence-electron chi connectivity index (χ2n) is 4.95. The highest BCUT2D eigenvalue weighted by atomic mass is 79.9. The molecule has 3 rings (SSSR count). The van der Waals surface area contributed by atoms with Crippen molar-refractivity contribution in [3.63, 3.8) is 0 Å². The highest BCUT2D eigenvalue weighted by molar-refractivity contribution is 9.10. The van der Waals surface area contributed by atoms with E-state index >= 15 is 0 Å². The van der Waals surface area contributed by atoms with E-state index in [0.717, 1.165) is 21.5 Å². The molecule has 6 heteroatoms. The standard InChI is InChI=1S/C17H14BrN3OS/c1-11-9-12(4-6-14(11)18)20-16-7-5-13(10-19-16)21-17(22)15-3-2-8-23-15/h2-10H,1H3,(H,19,20)(H,21,22). The van der Waals surface area contributed by atoms with Gasteiger partial charge in [-0.15, -0.1) is 11.3 Å². The minimum Gasteiger partial charge on any atom is -0.340 e. The predicted molar refractivity (Wildman–Crippen MR) is 98.7 cm³/mol. The number of aryl methyl sites for hydroxylation is 1. The maximum absolute atomic E-state index is 12.0. The Kier molecular flexibility index (Phi) is 4.73. The van der Waals surface area contributed by atoms with Crippen LogP contribution in [0, 0.1) is 6.92 Å². The number of nitrogens with one attached hydrogen (secondary N) is 2. The molecule has 0 aliphatic rings. The fraction of sp³-hybridized carbons (Fsp3) is 0.0588. The molecule has 0 saturated carbocycles. The minimum absolute atomic E-state index is 0.119. The van der Waals surface area contributed by atoms with Crippen LogP contribution in [0.3, 0.4) is 0 Å². The molecule has 0 bridgehead atoms. The predicted octanol–water partition coefficient (Wildman–Crippen LogP) is 5.21. The van der Waals surface area contributed by atoms with E-state index in [4.69, 9.17) is 0 Å². The van der Waals surface area contributed by atoms with Gasteiger partial charge >= 0.3 is 0 Å². The average Bonchev–Trinajstić information content (AvgIpc) is 3.07. The number of pyridine rings is 1. The SMILES string of the molecule is Cc1cc(Nc2ccc(NC(=O)c3cccs3)cn2)ccc1Br. The molecular formula is C17H14BrN3OS. The van der Waals surface area contributed by atoms with Gasteiger partial charge < -0.3 is 10.6 Å². The minimum atomic E-state index is -0.119. The van der Waals surface area contributed by atoms with Crippen molar-refractivity contribution in [2.75, 3.05) is 10.6 Å². The first kappa shape index (κ1) is 15.7. The Hall–Kier alpha value is -2.18. The van der Waals surface area contributed by atoms with Crippen LogP contribution >= 0.6 is 27.3 Å². The number of thiophene rings is 1. The van der Waals surface area contributed by atoms with E-state index in [1.54, 1.807) is 12.3 Å². The van der Waals surface area contributed by atoms with Crippen molar-refractivity contribution in [1.82, 2.24) is 4.98 Å². The second-order valence-corrected chi connectivity index (χ2v) is 6.75. The first-order chi connectivity index (χ1) is 11.1. The topological polar surface area (TPSA) is 54.0 Å². The van der Waals surface area contributed by atoms with Gasteiger partial charge in [0.1, 0.15) is 5.82 Å². The monoisotopic (exact) mass is 387 g/mol. The van der Waals surface area contributed by atoms with Crippen LogP contribution in [0.5, 0.6) is 0 Å². The number of carbonyl (C=O) groups excluding carboxylic acids is 1. The number of hydrogen-bond donors (Lipinski definition) is 2.